The number of amides is 1. The number of likely N-dealkylation sites (N-methyl/N-ethyl adjacent to an activating group) is 1. The van der Waals surface area contributed by atoms with Gasteiger partial charge in [0.2, 0.25) is 11.8 Å². The summed E-state index contributed by atoms with van der Waals surface area (Å²) in [6.45, 7) is 4.44. The zero-order valence-electron chi connectivity index (χ0n) is 10.7. The van der Waals surface area contributed by atoms with E-state index in [4.69, 9.17) is 4.74 Å². The number of methoxy groups -OCH3 is 1. The number of ether oxygens (including phenoxy) is 1. The smallest absolute Gasteiger partial charge is 0.244 e. The summed E-state index contributed by atoms with van der Waals surface area (Å²) >= 11 is 0. The van der Waals surface area contributed by atoms with E-state index in [9.17, 15) is 4.79 Å². The monoisotopic (exact) mass is 237 g/mol. The third kappa shape index (κ3) is 3.62. The highest BCUT2D eigenvalue weighted by Crippen LogP contribution is 2.12. The maximum atomic E-state index is 11.8. The lowest BCUT2D eigenvalue weighted by atomic mass is 10.3. The average Bonchev–Trinajstić information content (AvgIpc) is 2.37. The summed E-state index contributed by atoms with van der Waals surface area (Å²) in [4.78, 5) is 17.7. The zero-order valence-corrected chi connectivity index (χ0v) is 10.7. The minimum atomic E-state index is -0.306. The quantitative estimate of drug-likeness (QED) is 0.840. The first-order valence-electron chi connectivity index (χ1n) is 5.61. The van der Waals surface area contributed by atoms with Crippen LogP contribution in [0.4, 0.5) is 5.82 Å². The number of nitrogens with zero attached hydrogens (tertiary/aromatic N) is 2. The Balaban J connectivity index is 2.67. The van der Waals surface area contributed by atoms with Gasteiger partial charge >= 0.3 is 0 Å². The minimum absolute atomic E-state index is 0.0390. The first-order chi connectivity index (χ1) is 8.08. The Morgan fingerprint density at radius 2 is 2.29 bits per heavy atom. The van der Waals surface area contributed by atoms with Crippen LogP contribution < -0.4 is 10.1 Å². The van der Waals surface area contributed by atoms with Crippen molar-refractivity contribution in [1.29, 1.82) is 0 Å². The van der Waals surface area contributed by atoms with Gasteiger partial charge in [-0.25, -0.2) is 0 Å². The van der Waals surface area contributed by atoms with E-state index in [1.54, 1.807) is 31.2 Å². The Hall–Kier alpha value is -1.78. The lowest BCUT2D eigenvalue weighted by Crippen LogP contribution is -2.39. The second kappa shape index (κ2) is 6.08. The number of pyridine rings is 1. The molecule has 0 aliphatic rings. The van der Waals surface area contributed by atoms with Crippen LogP contribution in [-0.2, 0) is 4.79 Å². The maximum Gasteiger partial charge on any atom is 0.244 e. The number of carbonyl (C=O) groups is 1. The molecule has 0 aliphatic carbocycles. The lowest BCUT2D eigenvalue weighted by Gasteiger charge is -2.20. The molecule has 1 heterocycles. The molecular formula is C12H19N3O2. The predicted octanol–water partition coefficient (Wildman–Crippen LogP) is 1.37. The van der Waals surface area contributed by atoms with Gasteiger partial charge in [-0.3, -0.25) is 4.79 Å². The Bertz CT molecular complexity index is 382. The van der Waals surface area contributed by atoms with Crippen LogP contribution in [0, 0.1) is 0 Å². The fourth-order valence-electron chi connectivity index (χ4n) is 1.38. The molecule has 17 heavy (non-hydrogen) atoms. The predicted molar refractivity (Wildman–Crippen MR) is 67.2 cm³/mol. The molecule has 1 amide bonds. The van der Waals surface area contributed by atoms with Gasteiger partial charge in [0.15, 0.2) is 0 Å². The second-order valence-electron chi connectivity index (χ2n) is 3.78. The SMILES string of the molecule is CCN(C)C(=O)C(C)Nc1cccc(OC)n1. The number of hydrogen-bond acceptors (Lipinski definition) is 4. The molecule has 0 saturated heterocycles. The molecule has 1 atom stereocenters. The summed E-state index contributed by atoms with van der Waals surface area (Å²) in [5.74, 6) is 1.20. The largest absolute Gasteiger partial charge is 0.481 e. The summed E-state index contributed by atoms with van der Waals surface area (Å²) in [6.07, 6.45) is 0. The molecule has 0 aromatic carbocycles. The summed E-state index contributed by atoms with van der Waals surface area (Å²) in [6, 6.07) is 5.09. The van der Waals surface area contributed by atoms with Crippen molar-refractivity contribution in [1.82, 2.24) is 9.88 Å². The van der Waals surface area contributed by atoms with Crippen LogP contribution in [0.2, 0.25) is 0 Å². The summed E-state index contributed by atoms with van der Waals surface area (Å²) in [7, 11) is 3.34. The Kier molecular flexibility index (Phi) is 4.75. The molecule has 5 heteroatoms. The molecule has 0 fully saturated rings. The van der Waals surface area contributed by atoms with Crippen LogP contribution in [0.25, 0.3) is 0 Å². The van der Waals surface area contributed by atoms with Crippen LogP contribution >= 0.6 is 0 Å². The third-order valence-electron chi connectivity index (χ3n) is 2.52. The molecule has 0 aliphatic heterocycles. The van der Waals surface area contributed by atoms with Gasteiger partial charge in [-0.05, 0) is 19.9 Å². The summed E-state index contributed by atoms with van der Waals surface area (Å²) in [5.41, 5.74) is 0. The molecular weight excluding hydrogens is 218 g/mol. The van der Waals surface area contributed by atoms with Crippen molar-refractivity contribution in [2.24, 2.45) is 0 Å². The molecule has 0 radical (unpaired) electrons. The van der Waals surface area contributed by atoms with Gasteiger partial charge in [0.25, 0.3) is 0 Å². The Morgan fingerprint density at radius 3 is 2.88 bits per heavy atom. The molecule has 0 saturated carbocycles. The van der Waals surface area contributed by atoms with E-state index in [0.717, 1.165) is 0 Å². The van der Waals surface area contributed by atoms with E-state index < -0.39 is 0 Å². The number of nitrogens with one attached hydrogen (secondary N) is 1. The minimum Gasteiger partial charge on any atom is -0.481 e. The van der Waals surface area contributed by atoms with Crippen LogP contribution in [0.1, 0.15) is 13.8 Å². The third-order valence-corrected chi connectivity index (χ3v) is 2.52. The van der Waals surface area contributed by atoms with Crippen molar-refractivity contribution in [3.63, 3.8) is 0 Å². The summed E-state index contributed by atoms with van der Waals surface area (Å²) in [5, 5.41) is 3.05. The van der Waals surface area contributed by atoms with Gasteiger partial charge in [-0.15, -0.1) is 0 Å². The van der Waals surface area contributed by atoms with E-state index in [1.807, 2.05) is 19.9 Å². The highest BCUT2D eigenvalue weighted by molar-refractivity contribution is 5.83. The number of anilines is 1. The highest BCUT2D eigenvalue weighted by atomic mass is 16.5. The molecule has 1 aromatic rings. The van der Waals surface area contributed by atoms with Crippen LogP contribution in [0.5, 0.6) is 5.88 Å². The molecule has 5 nitrogen and oxygen atoms in total. The number of carbonyl (C=O) groups excluding carboxylic acids is 1. The standard InChI is InChI=1S/C12H19N3O2/c1-5-15(3)12(16)9(2)13-10-7-6-8-11(14-10)17-4/h6-9H,5H2,1-4H3,(H,13,14). The van der Waals surface area contributed by atoms with Crippen molar-refractivity contribution in [3.05, 3.63) is 18.2 Å². The maximum absolute atomic E-state index is 11.8. The molecule has 1 unspecified atom stereocenters. The van der Waals surface area contributed by atoms with E-state index in [0.29, 0.717) is 18.2 Å². The van der Waals surface area contributed by atoms with Crippen molar-refractivity contribution in [2.45, 2.75) is 19.9 Å². The fraction of sp³-hybridized carbons (Fsp3) is 0.500. The van der Waals surface area contributed by atoms with E-state index >= 15 is 0 Å². The molecule has 94 valence electrons. The number of aromatic nitrogens is 1. The fourth-order valence-corrected chi connectivity index (χ4v) is 1.38. The second-order valence-corrected chi connectivity index (χ2v) is 3.78. The van der Waals surface area contributed by atoms with Crippen molar-refractivity contribution >= 4 is 11.7 Å². The van der Waals surface area contributed by atoms with Crippen LogP contribution in [0.3, 0.4) is 0 Å². The molecule has 0 spiro atoms. The van der Waals surface area contributed by atoms with Gasteiger partial charge < -0.3 is 15.0 Å². The van der Waals surface area contributed by atoms with Crippen LogP contribution in [0.15, 0.2) is 18.2 Å². The van der Waals surface area contributed by atoms with Gasteiger partial charge in [-0.2, -0.15) is 4.98 Å². The normalized spacial score (nSPS) is 11.8. The van der Waals surface area contributed by atoms with Gasteiger partial charge in [0, 0.05) is 19.7 Å². The van der Waals surface area contributed by atoms with Crippen molar-refractivity contribution < 1.29 is 9.53 Å². The highest BCUT2D eigenvalue weighted by Gasteiger charge is 2.16. The number of rotatable bonds is 5. The van der Waals surface area contributed by atoms with Crippen LogP contribution in [-0.4, -0.2) is 42.5 Å². The van der Waals surface area contributed by atoms with Crippen molar-refractivity contribution in [3.8, 4) is 5.88 Å². The van der Waals surface area contributed by atoms with E-state index in [1.165, 1.54) is 0 Å². The van der Waals surface area contributed by atoms with Gasteiger partial charge in [0.1, 0.15) is 11.9 Å². The Morgan fingerprint density at radius 1 is 1.59 bits per heavy atom. The first-order valence-corrected chi connectivity index (χ1v) is 5.61. The lowest BCUT2D eigenvalue weighted by molar-refractivity contribution is -0.130. The number of hydrogen-bond donors (Lipinski definition) is 1. The molecule has 1 aromatic heterocycles. The average molecular weight is 237 g/mol. The Labute approximate surface area is 102 Å². The topological polar surface area (TPSA) is 54.5 Å². The molecule has 1 rings (SSSR count). The first kappa shape index (κ1) is 13.3. The van der Waals surface area contributed by atoms with Gasteiger partial charge in [0.05, 0.1) is 7.11 Å². The molecule has 1 N–H and O–H groups in total. The summed E-state index contributed by atoms with van der Waals surface area (Å²) < 4.78 is 5.02. The van der Waals surface area contributed by atoms with Gasteiger partial charge in [-0.1, -0.05) is 6.07 Å². The van der Waals surface area contributed by atoms with E-state index in [-0.39, 0.29) is 11.9 Å². The zero-order chi connectivity index (χ0) is 12.8. The van der Waals surface area contributed by atoms with E-state index in [2.05, 4.69) is 10.3 Å². The van der Waals surface area contributed by atoms with Crippen molar-refractivity contribution in [2.75, 3.05) is 26.0 Å². The molecule has 0 bridgehead atoms.